The molecule has 4 aromatic rings. The molecule has 0 atom stereocenters. The molecule has 1 heterocycles. The van der Waals surface area contributed by atoms with Gasteiger partial charge in [0.1, 0.15) is 0 Å². The Hall–Kier alpha value is -2.22. The fraction of sp³-hybridized carbons (Fsp3) is 0.125. The highest BCUT2D eigenvalue weighted by Crippen LogP contribution is 2.37. The van der Waals surface area contributed by atoms with Crippen LogP contribution in [0.3, 0.4) is 0 Å². The molecule has 0 aliphatic rings. The molecule has 0 bridgehead atoms. The van der Waals surface area contributed by atoms with Crippen LogP contribution in [0.4, 0.5) is 0 Å². The van der Waals surface area contributed by atoms with Crippen molar-refractivity contribution in [2.75, 3.05) is 0 Å². The molecule has 0 aliphatic carbocycles. The average molecular weight is 236 g/mol. The number of hydrogen-bond donors (Lipinski definition) is 0. The standard InChI is InChI=1S/C16H12O2/c1-9-11-5-3-4-6-12(11)10(2)15-13(9)7-8-14-16(15)18-17-14/h3-8H,1-2H3. The zero-order valence-electron chi connectivity index (χ0n) is 10.3. The zero-order chi connectivity index (χ0) is 12.3. The highest BCUT2D eigenvalue weighted by atomic mass is 17.0. The fourth-order valence-corrected chi connectivity index (χ4v) is 2.87. The third kappa shape index (κ3) is 1.03. The lowest BCUT2D eigenvalue weighted by atomic mass is 9.93. The maximum Gasteiger partial charge on any atom is 0.233 e. The largest absolute Gasteiger partial charge is 0.286 e. The lowest BCUT2D eigenvalue weighted by Crippen LogP contribution is -1.90. The van der Waals surface area contributed by atoms with E-state index in [0.717, 1.165) is 11.2 Å². The Morgan fingerprint density at radius 2 is 1.44 bits per heavy atom. The van der Waals surface area contributed by atoms with E-state index in [-0.39, 0.29) is 0 Å². The lowest BCUT2D eigenvalue weighted by Gasteiger charge is -2.13. The summed E-state index contributed by atoms with van der Waals surface area (Å²) >= 11 is 0. The maximum absolute atomic E-state index is 5.17. The first-order chi connectivity index (χ1) is 8.77. The van der Waals surface area contributed by atoms with Crippen LogP contribution >= 0.6 is 0 Å². The van der Waals surface area contributed by atoms with Crippen molar-refractivity contribution in [3.05, 3.63) is 47.5 Å². The van der Waals surface area contributed by atoms with Crippen LogP contribution in [0.25, 0.3) is 32.7 Å². The fourth-order valence-electron chi connectivity index (χ4n) is 2.87. The summed E-state index contributed by atoms with van der Waals surface area (Å²) in [7, 11) is 0. The van der Waals surface area contributed by atoms with Crippen molar-refractivity contribution in [1.82, 2.24) is 0 Å². The van der Waals surface area contributed by atoms with Gasteiger partial charge in [-0.05, 0) is 53.3 Å². The summed E-state index contributed by atoms with van der Waals surface area (Å²) in [5, 5.41) is 5.01. The first-order valence-corrected chi connectivity index (χ1v) is 6.06. The van der Waals surface area contributed by atoms with Crippen LogP contribution in [0.2, 0.25) is 0 Å². The molecular weight excluding hydrogens is 224 g/mol. The van der Waals surface area contributed by atoms with Gasteiger partial charge < -0.3 is 0 Å². The molecule has 0 aliphatic heterocycles. The Morgan fingerprint density at radius 3 is 2.11 bits per heavy atom. The second-order valence-electron chi connectivity index (χ2n) is 4.78. The molecule has 4 rings (SSSR count). The van der Waals surface area contributed by atoms with Crippen molar-refractivity contribution in [3.63, 3.8) is 0 Å². The second-order valence-corrected chi connectivity index (χ2v) is 4.78. The van der Waals surface area contributed by atoms with Crippen LogP contribution in [0, 0.1) is 13.8 Å². The van der Waals surface area contributed by atoms with Crippen LogP contribution in [0.15, 0.2) is 45.6 Å². The number of fused-ring (bicyclic) bond motifs is 4. The highest BCUT2D eigenvalue weighted by molar-refractivity contribution is 6.13. The van der Waals surface area contributed by atoms with Crippen molar-refractivity contribution >= 4 is 32.7 Å². The SMILES string of the molecule is Cc1c2ccccc2c(C)c2c1ccc1ooc12. The quantitative estimate of drug-likeness (QED) is 0.319. The summed E-state index contributed by atoms with van der Waals surface area (Å²) in [6.07, 6.45) is 0. The molecule has 3 aromatic carbocycles. The molecule has 0 spiro atoms. The van der Waals surface area contributed by atoms with Gasteiger partial charge in [0.25, 0.3) is 0 Å². The molecular formula is C16H12O2. The van der Waals surface area contributed by atoms with E-state index in [1.54, 1.807) is 0 Å². The van der Waals surface area contributed by atoms with Crippen LogP contribution in [0.1, 0.15) is 11.1 Å². The molecule has 2 heteroatoms. The Labute approximate surface area is 104 Å². The van der Waals surface area contributed by atoms with Gasteiger partial charge in [-0.3, -0.25) is 9.15 Å². The van der Waals surface area contributed by atoms with Gasteiger partial charge in [0.05, 0.1) is 0 Å². The van der Waals surface area contributed by atoms with E-state index in [1.807, 2.05) is 6.07 Å². The third-order valence-corrected chi connectivity index (χ3v) is 3.85. The molecule has 0 saturated heterocycles. The van der Waals surface area contributed by atoms with E-state index in [1.165, 1.54) is 32.7 Å². The number of hydrogen-bond acceptors (Lipinski definition) is 2. The van der Waals surface area contributed by atoms with Crippen molar-refractivity contribution in [2.24, 2.45) is 0 Å². The van der Waals surface area contributed by atoms with E-state index in [9.17, 15) is 0 Å². The Kier molecular flexibility index (Phi) is 1.72. The summed E-state index contributed by atoms with van der Waals surface area (Å²) in [5.41, 5.74) is 4.26. The highest BCUT2D eigenvalue weighted by Gasteiger charge is 2.15. The van der Waals surface area contributed by atoms with E-state index in [4.69, 9.17) is 9.15 Å². The smallest absolute Gasteiger partial charge is 0.233 e. The lowest BCUT2D eigenvalue weighted by molar-refractivity contribution is 0.0603. The predicted molar refractivity (Wildman–Crippen MR) is 73.0 cm³/mol. The molecule has 2 nitrogen and oxygen atoms in total. The Balaban J connectivity index is 2.39. The number of aryl methyl sites for hydroxylation is 2. The second kappa shape index (κ2) is 3.16. The van der Waals surface area contributed by atoms with Gasteiger partial charge in [0.15, 0.2) is 0 Å². The minimum Gasteiger partial charge on any atom is -0.286 e. The van der Waals surface area contributed by atoms with Crippen LogP contribution in [0.5, 0.6) is 0 Å². The van der Waals surface area contributed by atoms with Crippen LogP contribution < -0.4 is 0 Å². The van der Waals surface area contributed by atoms with E-state index in [2.05, 4.69) is 44.2 Å². The van der Waals surface area contributed by atoms with Gasteiger partial charge >= 0.3 is 0 Å². The van der Waals surface area contributed by atoms with Gasteiger partial charge in [-0.2, -0.15) is 0 Å². The van der Waals surface area contributed by atoms with Gasteiger partial charge in [-0.25, -0.2) is 0 Å². The first kappa shape index (κ1) is 9.77. The molecule has 0 saturated carbocycles. The first-order valence-electron chi connectivity index (χ1n) is 6.06. The molecule has 0 amide bonds. The summed E-state index contributed by atoms with van der Waals surface area (Å²) in [4.78, 5) is 0. The van der Waals surface area contributed by atoms with Gasteiger partial charge in [-0.15, -0.1) is 0 Å². The number of benzene rings is 3. The average Bonchev–Trinajstić information content (AvgIpc) is 2.37. The van der Waals surface area contributed by atoms with Gasteiger partial charge in [-0.1, -0.05) is 24.3 Å². The number of rotatable bonds is 0. The van der Waals surface area contributed by atoms with E-state index >= 15 is 0 Å². The van der Waals surface area contributed by atoms with Crippen molar-refractivity contribution in [2.45, 2.75) is 13.8 Å². The molecule has 1 aromatic heterocycles. The summed E-state index contributed by atoms with van der Waals surface area (Å²) in [6, 6.07) is 12.6. The van der Waals surface area contributed by atoms with Gasteiger partial charge in [0.2, 0.25) is 11.2 Å². The normalized spacial score (nSPS) is 11.9. The predicted octanol–water partition coefficient (Wildman–Crippen LogP) is 4.95. The Morgan fingerprint density at radius 1 is 0.722 bits per heavy atom. The van der Waals surface area contributed by atoms with Crippen LogP contribution in [-0.2, 0) is 0 Å². The molecule has 0 radical (unpaired) electrons. The molecule has 18 heavy (non-hydrogen) atoms. The minimum absolute atomic E-state index is 0.834. The topological polar surface area (TPSA) is 26.3 Å². The molecule has 0 N–H and O–H groups in total. The Bertz CT molecular complexity index is 894. The summed E-state index contributed by atoms with van der Waals surface area (Å²) < 4.78 is 10.2. The van der Waals surface area contributed by atoms with Crippen molar-refractivity contribution in [1.29, 1.82) is 0 Å². The van der Waals surface area contributed by atoms with Crippen molar-refractivity contribution < 1.29 is 9.15 Å². The zero-order valence-corrected chi connectivity index (χ0v) is 10.3. The summed E-state index contributed by atoms with van der Waals surface area (Å²) in [5.74, 6) is 0. The minimum atomic E-state index is 0.834. The molecule has 0 fully saturated rings. The molecule has 88 valence electrons. The van der Waals surface area contributed by atoms with Gasteiger partial charge in [0, 0.05) is 5.39 Å². The molecule has 0 unspecified atom stereocenters. The van der Waals surface area contributed by atoms with E-state index in [0.29, 0.717) is 0 Å². The van der Waals surface area contributed by atoms with Crippen LogP contribution in [-0.4, -0.2) is 0 Å². The maximum atomic E-state index is 5.17. The monoisotopic (exact) mass is 236 g/mol. The third-order valence-electron chi connectivity index (χ3n) is 3.85. The van der Waals surface area contributed by atoms with Crippen molar-refractivity contribution in [3.8, 4) is 0 Å². The summed E-state index contributed by atoms with van der Waals surface area (Å²) in [6.45, 7) is 4.31. The van der Waals surface area contributed by atoms with E-state index < -0.39 is 0 Å².